The number of amides is 1. The minimum Gasteiger partial charge on any atom is -0.356 e. The number of alkyl halides is 3. The molecule has 1 unspecified atom stereocenters. The van der Waals surface area contributed by atoms with Crippen LogP contribution in [-0.4, -0.2) is 24.0 Å². The number of hydrogen-bond acceptors (Lipinski definition) is 3. The largest absolute Gasteiger partial charge is 0.433 e. The highest BCUT2D eigenvalue weighted by Crippen LogP contribution is 2.33. The fourth-order valence-corrected chi connectivity index (χ4v) is 4.07. The first-order valence-electron chi connectivity index (χ1n) is 10.1. The Morgan fingerprint density at radius 3 is 2.55 bits per heavy atom. The highest BCUT2D eigenvalue weighted by molar-refractivity contribution is 6.42. The number of nitrogens with zero attached hydrogens (tertiary/aromatic N) is 2. The number of carbonyl (C=O) groups excluding carboxylic acids is 1. The second kappa shape index (κ2) is 9.65. The lowest BCUT2D eigenvalue weighted by Gasteiger charge is -2.33. The van der Waals surface area contributed by atoms with E-state index in [4.69, 9.17) is 23.2 Å². The third-order valence-electron chi connectivity index (χ3n) is 5.62. The van der Waals surface area contributed by atoms with E-state index in [-0.39, 0.29) is 18.3 Å². The monoisotopic (exact) mass is 473 g/mol. The fourth-order valence-electron chi connectivity index (χ4n) is 3.60. The third-order valence-corrected chi connectivity index (χ3v) is 6.46. The van der Waals surface area contributed by atoms with Crippen LogP contribution in [0.4, 0.5) is 19.0 Å². The van der Waals surface area contributed by atoms with E-state index in [0.29, 0.717) is 40.2 Å². The van der Waals surface area contributed by atoms with Gasteiger partial charge in [0.2, 0.25) is 5.91 Å². The fraction of sp³-hybridized carbons (Fsp3) is 0.455. The van der Waals surface area contributed by atoms with Crippen LogP contribution in [0.1, 0.15) is 49.4 Å². The first kappa shape index (κ1) is 23.7. The van der Waals surface area contributed by atoms with Crippen LogP contribution in [-0.2, 0) is 17.5 Å². The standard InChI is InChI=1S/C22H24Cl2F3N3O/c1-13-8-10-30(11-9-13)20-15(6-7-18(29-20)22(25,26)27)12-28-21(31)14(2)16-4-3-5-17(23)19(16)24/h3-7,13-14H,8-12H2,1-2H3,(H,28,31). The Bertz CT molecular complexity index is 944. The van der Waals surface area contributed by atoms with Gasteiger partial charge in [0.25, 0.3) is 0 Å². The Morgan fingerprint density at radius 2 is 1.90 bits per heavy atom. The Morgan fingerprint density at radius 1 is 1.23 bits per heavy atom. The molecule has 31 heavy (non-hydrogen) atoms. The first-order valence-corrected chi connectivity index (χ1v) is 10.9. The van der Waals surface area contributed by atoms with E-state index in [0.717, 1.165) is 18.9 Å². The van der Waals surface area contributed by atoms with Crippen LogP contribution >= 0.6 is 23.2 Å². The van der Waals surface area contributed by atoms with Crippen molar-refractivity contribution in [1.29, 1.82) is 0 Å². The maximum absolute atomic E-state index is 13.2. The summed E-state index contributed by atoms with van der Waals surface area (Å²) in [5, 5.41) is 3.47. The van der Waals surface area contributed by atoms with Crippen LogP contribution in [0, 0.1) is 5.92 Å². The van der Waals surface area contributed by atoms with E-state index in [9.17, 15) is 18.0 Å². The molecule has 0 saturated carbocycles. The molecule has 0 aliphatic carbocycles. The molecule has 1 fully saturated rings. The zero-order valence-electron chi connectivity index (χ0n) is 17.3. The summed E-state index contributed by atoms with van der Waals surface area (Å²) >= 11 is 12.2. The molecule has 1 aliphatic rings. The van der Waals surface area contributed by atoms with Crippen LogP contribution in [0.25, 0.3) is 0 Å². The zero-order valence-corrected chi connectivity index (χ0v) is 18.8. The van der Waals surface area contributed by atoms with Crippen molar-refractivity contribution in [3.8, 4) is 0 Å². The number of benzene rings is 1. The van der Waals surface area contributed by atoms with Gasteiger partial charge in [-0.3, -0.25) is 4.79 Å². The summed E-state index contributed by atoms with van der Waals surface area (Å²) in [5.41, 5.74) is 0.193. The first-order chi connectivity index (χ1) is 14.6. The Balaban J connectivity index is 1.80. The van der Waals surface area contributed by atoms with Gasteiger partial charge in [0, 0.05) is 25.2 Å². The van der Waals surface area contributed by atoms with E-state index in [1.165, 1.54) is 6.07 Å². The van der Waals surface area contributed by atoms with Crippen LogP contribution in [0.2, 0.25) is 10.0 Å². The van der Waals surface area contributed by atoms with Crippen LogP contribution in [0.3, 0.4) is 0 Å². The molecule has 1 aliphatic heterocycles. The van der Waals surface area contributed by atoms with Gasteiger partial charge in [-0.25, -0.2) is 4.98 Å². The quantitative estimate of drug-likeness (QED) is 0.573. The maximum Gasteiger partial charge on any atom is 0.433 e. The average molecular weight is 474 g/mol. The summed E-state index contributed by atoms with van der Waals surface area (Å²) in [4.78, 5) is 18.5. The smallest absolute Gasteiger partial charge is 0.356 e. The van der Waals surface area contributed by atoms with Crippen molar-refractivity contribution in [3.05, 3.63) is 57.2 Å². The summed E-state index contributed by atoms with van der Waals surface area (Å²) in [6, 6.07) is 7.41. The van der Waals surface area contributed by atoms with Crippen molar-refractivity contribution in [3.63, 3.8) is 0 Å². The number of rotatable bonds is 5. The van der Waals surface area contributed by atoms with E-state index in [1.807, 2.05) is 4.90 Å². The predicted molar refractivity (Wildman–Crippen MR) is 117 cm³/mol. The number of piperidine rings is 1. The second-order valence-corrected chi connectivity index (χ2v) is 8.71. The topological polar surface area (TPSA) is 45.2 Å². The third kappa shape index (κ3) is 5.63. The predicted octanol–water partition coefficient (Wildman–Crippen LogP) is 6.06. The van der Waals surface area contributed by atoms with Gasteiger partial charge in [0.1, 0.15) is 11.5 Å². The summed E-state index contributed by atoms with van der Waals surface area (Å²) in [6.45, 7) is 5.15. The maximum atomic E-state index is 13.2. The summed E-state index contributed by atoms with van der Waals surface area (Å²) in [6.07, 6.45) is -2.76. The molecule has 4 nitrogen and oxygen atoms in total. The van der Waals surface area contributed by atoms with E-state index >= 15 is 0 Å². The number of pyridine rings is 1. The molecule has 2 aromatic rings. The normalized spacial score (nSPS) is 16.3. The van der Waals surface area contributed by atoms with Gasteiger partial charge in [-0.05, 0) is 43.4 Å². The van der Waals surface area contributed by atoms with Gasteiger partial charge >= 0.3 is 6.18 Å². The minimum absolute atomic E-state index is 0.0634. The molecule has 168 valence electrons. The lowest BCUT2D eigenvalue weighted by Crippen LogP contribution is -2.35. The molecule has 3 rings (SSSR count). The molecular weight excluding hydrogens is 450 g/mol. The van der Waals surface area contributed by atoms with Crippen molar-refractivity contribution in [1.82, 2.24) is 10.3 Å². The molecular formula is C22H24Cl2F3N3O. The van der Waals surface area contributed by atoms with Gasteiger partial charge in [0.05, 0.1) is 16.0 Å². The summed E-state index contributed by atoms with van der Waals surface area (Å²) < 4.78 is 39.7. The Labute approximate surface area is 189 Å². The number of halogens is 5. The Hall–Kier alpha value is -1.99. The molecule has 1 aromatic carbocycles. The number of carbonyl (C=O) groups is 1. The summed E-state index contributed by atoms with van der Waals surface area (Å²) in [7, 11) is 0. The van der Waals surface area contributed by atoms with E-state index in [2.05, 4.69) is 17.2 Å². The van der Waals surface area contributed by atoms with Gasteiger partial charge < -0.3 is 10.2 Å². The molecule has 2 heterocycles. The number of hydrogen-bond donors (Lipinski definition) is 1. The second-order valence-electron chi connectivity index (χ2n) is 7.93. The van der Waals surface area contributed by atoms with Gasteiger partial charge in [0.15, 0.2) is 0 Å². The zero-order chi connectivity index (χ0) is 22.8. The number of nitrogens with one attached hydrogen (secondary N) is 1. The minimum atomic E-state index is -4.53. The number of anilines is 1. The molecule has 9 heteroatoms. The van der Waals surface area contributed by atoms with Crippen LogP contribution in [0.5, 0.6) is 0 Å². The van der Waals surface area contributed by atoms with Gasteiger partial charge in [-0.2, -0.15) is 13.2 Å². The van der Waals surface area contributed by atoms with Crippen LogP contribution < -0.4 is 10.2 Å². The lowest BCUT2D eigenvalue weighted by molar-refractivity contribution is -0.141. The molecule has 0 bridgehead atoms. The molecule has 1 atom stereocenters. The van der Waals surface area contributed by atoms with Crippen molar-refractivity contribution in [2.24, 2.45) is 5.92 Å². The number of aromatic nitrogens is 1. The lowest BCUT2D eigenvalue weighted by atomic mass is 9.98. The summed E-state index contributed by atoms with van der Waals surface area (Å²) in [5.74, 6) is -0.0841. The van der Waals surface area contributed by atoms with Gasteiger partial charge in [-0.1, -0.05) is 48.3 Å². The average Bonchev–Trinajstić information content (AvgIpc) is 2.73. The van der Waals surface area contributed by atoms with Crippen molar-refractivity contribution in [2.75, 3.05) is 18.0 Å². The van der Waals surface area contributed by atoms with Crippen molar-refractivity contribution >= 4 is 34.9 Å². The van der Waals surface area contributed by atoms with Gasteiger partial charge in [-0.15, -0.1) is 0 Å². The molecule has 0 spiro atoms. The van der Waals surface area contributed by atoms with E-state index in [1.54, 1.807) is 25.1 Å². The van der Waals surface area contributed by atoms with Crippen molar-refractivity contribution in [2.45, 2.75) is 45.3 Å². The Kier molecular flexibility index (Phi) is 7.37. The SMILES string of the molecule is CC1CCN(c2nc(C(F)(F)F)ccc2CNC(=O)C(C)c2cccc(Cl)c2Cl)CC1. The highest BCUT2D eigenvalue weighted by Gasteiger charge is 2.34. The molecule has 1 amide bonds. The molecule has 1 N–H and O–H groups in total. The van der Waals surface area contributed by atoms with Crippen molar-refractivity contribution < 1.29 is 18.0 Å². The highest BCUT2D eigenvalue weighted by atomic mass is 35.5. The molecule has 1 aromatic heterocycles. The molecule has 0 radical (unpaired) electrons. The van der Waals surface area contributed by atoms with Crippen LogP contribution in [0.15, 0.2) is 30.3 Å². The van der Waals surface area contributed by atoms with E-state index < -0.39 is 17.8 Å². The molecule has 1 saturated heterocycles.